The standard InChI is InChI=1S/C15H20F2N2O2S2/c16-15(17,9-18)10-19-13(20)8-21-12-4-2-11(3-5-12)14-22-6-1-7-23-14/h2-5,14H,1,6-10,18H2,(H,19,20). The molecule has 0 aromatic heterocycles. The van der Waals surface area contributed by atoms with Crippen molar-refractivity contribution in [3.8, 4) is 5.75 Å². The fourth-order valence-corrected chi connectivity index (χ4v) is 4.80. The summed E-state index contributed by atoms with van der Waals surface area (Å²) in [6.45, 7) is -1.87. The van der Waals surface area contributed by atoms with E-state index < -0.39 is 24.9 Å². The number of halogens is 2. The third-order valence-corrected chi connectivity index (χ3v) is 6.21. The molecule has 0 radical (unpaired) electrons. The van der Waals surface area contributed by atoms with Gasteiger partial charge in [-0.2, -0.15) is 0 Å². The maximum absolute atomic E-state index is 12.9. The predicted octanol–water partition coefficient (Wildman–Crippen LogP) is 2.64. The van der Waals surface area contributed by atoms with Crippen LogP contribution in [0.1, 0.15) is 16.6 Å². The number of carbonyl (C=O) groups excluding carboxylic acids is 1. The number of thioether (sulfide) groups is 2. The number of alkyl halides is 2. The molecule has 128 valence electrons. The van der Waals surface area contributed by atoms with Crippen LogP contribution in [0.3, 0.4) is 0 Å². The molecule has 0 saturated carbocycles. The normalized spacial score (nSPS) is 16.1. The number of benzene rings is 1. The first kappa shape index (κ1) is 18.4. The Balaban J connectivity index is 1.76. The molecule has 1 amide bonds. The lowest BCUT2D eigenvalue weighted by Gasteiger charge is -2.21. The molecule has 23 heavy (non-hydrogen) atoms. The zero-order chi connectivity index (χ0) is 16.7. The Kier molecular flexibility index (Phi) is 6.98. The van der Waals surface area contributed by atoms with Gasteiger partial charge in [0.2, 0.25) is 0 Å². The van der Waals surface area contributed by atoms with Crippen molar-refractivity contribution in [2.45, 2.75) is 16.9 Å². The number of hydrogen-bond donors (Lipinski definition) is 2. The summed E-state index contributed by atoms with van der Waals surface area (Å²) < 4.78 is 31.6. The number of carbonyl (C=O) groups is 1. The Labute approximate surface area is 142 Å². The van der Waals surface area contributed by atoms with Crippen LogP contribution in [-0.2, 0) is 4.79 Å². The van der Waals surface area contributed by atoms with Gasteiger partial charge in [0.25, 0.3) is 11.8 Å². The molecule has 3 N–H and O–H groups in total. The van der Waals surface area contributed by atoms with Crippen LogP contribution < -0.4 is 15.8 Å². The van der Waals surface area contributed by atoms with E-state index in [-0.39, 0.29) is 6.61 Å². The minimum absolute atomic E-state index is 0.299. The van der Waals surface area contributed by atoms with E-state index in [1.807, 2.05) is 35.7 Å². The van der Waals surface area contributed by atoms with E-state index in [4.69, 9.17) is 10.5 Å². The van der Waals surface area contributed by atoms with Crippen molar-refractivity contribution in [3.63, 3.8) is 0 Å². The summed E-state index contributed by atoms with van der Waals surface area (Å²) in [6, 6.07) is 7.55. The summed E-state index contributed by atoms with van der Waals surface area (Å²) in [6.07, 6.45) is 1.24. The maximum Gasteiger partial charge on any atom is 0.277 e. The van der Waals surface area contributed by atoms with Gasteiger partial charge in [0.15, 0.2) is 6.61 Å². The molecule has 1 heterocycles. The maximum atomic E-state index is 12.9. The minimum Gasteiger partial charge on any atom is -0.484 e. The summed E-state index contributed by atoms with van der Waals surface area (Å²) in [5.74, 6) is -0.805. The van der Waals surface area contributed by atoms with Gasteiger partial charge in [-0.05, 0) is 35.6 Å². The number of rotatable bonds is 7. The van der Waals surface area contributed by atoms with Gasteiger partial charge < -0.3 is 15.8 Å². The van der Waals surface area contributed by atoms with E-state index in [1.165, 1.54) is 23.5 Å². The largest absolute Gasteiger partial charge is 0.484 e. The van der Waals surface area contributed by atoms with Gasteiger partial charge in [-0.15, -0.1) is 23.5 Å². The summed E-state index contributed by atoms with van der Waals surface area (Å²) in [5, 5.41) is 2.11. The molecule has 1 aromatic carbocycles. The van der Waals surface area contributed by atoms with Gasteiger partial charge in [0.1, 0.15) is 5.75 Å². The van der Waals surface area contributed by atoms with Crippen LogP contribution in [-0.4, -0.2) is 43.0 Å². The van der Waals surface area contributed by atoms with Crippen LogP contribution >= 0.6 is 23.5 Å². The second kappa shape index (κ2) is 8.75. The number of nitrogens with one attached hydrogen (secondary N) is 1. The first-order valence-corrected chi connectivity index (χ1v) is 9.40. The highest BCUT2D eigenvalue weighted by Crippen LogP contribution is 2.43. The van der Waals surface area contributed by atoms with Crippen molar-refractivity contribution < 1.29 is 18.3 Å². The van der Waals surface area contributed by atoms with E-state index in [0.717, 1.165) is 0 Å². The molecule has 1 aliphatic heterocycles. The van der Waals surface area contributed by atoms with E-state index >= 15 is 0 Å². The first-order valence-electron chi connectivity index (χ1n) is 7.31. The Bertz CT molecular complexity index is 509. The number of amides is 1. The second-order valence-electron chi connectivity index (χ2n) is 5.12. The molecular formula is C15H20F2N2O2S2. The summed E-state index contributed by atoms with van der Waals surface area (Å²) in [4.78, 5) is 11.5. The monoisotopic (exact) mass is 362 g/mol. The Morgan fingerprint density at radius 1 is 1.30 bits per heavy atom. The average Bonchev–Trinajstić information content (AvgIpc) is 2.59. The van der Waals surface area contributed by atoms with Crippen molar-refractivity contribution in [1.29, 1.82) is 0 Å². The molecule has 0 spiro atoms. The quantitative estimate of drug-likeness (QED) is 0.781. The molecule has 0 unspecified atom stereocenters. The SMILES string of the molecule is NCC(F)(F)CNC(=O)COc1ccc(C2SCCCS2)cc1. The highest BCUT2D eigenvalue weighted by molar-refractivity contribution is 8.16. The summed E-state index contributed by atoms with van der Waals surface area (Å²) in [7, 11) is 0. The van der Waals surface area contributed by atoms with Crippen molar-refractivity contribution in [2.75, 3.05) is 31.2 Å². The Morgan fingerprint density at radius 2 is 1.96 bits per heavy atom. The zero-order valence-corrected chi connectivity index (χ0v) is 14.2. The first-order chi connectivity index (χ1) is 11.0. The highest BCUT2D eigenvalue weighted by atomic mass is 32.2. The molecule has 1 aliphatic rings. The molecule has 0 atom stereocenters. The lowest BCUT2D eigenvalue weighted by molar-refractivity contribution is -0.124. The van der Waals surface area contributed by atoms with Crippen LogP contribution in [0.4, 0.5) is 8.78 Å². The van der Waals surface area contributed by atoms with Crippen molar-refractivity contribution in [3.05, 3.63) is 29.8 Å². The number of nitrogens with two attached hydrogens (primary N) is 1. The molecule has 1 fully saturated rings. The summed E-state index contributed by atoms with van der Waals surface area (Å²) in [5.41, 5.74) is 6.12. The highest BCUT2D eigenvalue weighted by Gasteiger charge is 2.27. The van der Waals surface area contributed by atoms with Crippen molar-refractivity contribution in [2.24, 2.45) is 5.73 Å². The van der Waals surface area contributed by atoms with Crippen LogP contribution in [0.2, 0.25) is 0 Å². The fourth-order valence-electron chi connectivity index (χ4n) is 1.90. The molecule has 0 aliphatic carbocycles. The molecule has 1 saturated heterocycles. The third-order valence-electron chi connectivity index (χ3n) is 3.19. The van der Waals surface area contributed by atoms with Crippen LogP contribution in [0.5, 0.6) is 5.75 Å². The van der Waals surface area contributed by atoms with Crippen molar-refractivity contribution in [1.82, 2.24) is 5.32 Å². The predicted molar refractivity (Wildman–Crippen MR) is 91.2 cm³/mol. The van der Waals surface area contributed by atoms with E-state index in [0.29, 0.717) is 10.3 Å². The third kappa shape index (κ3) is 6.19. The Morgan fingerprint density at radius 3 is 2.57 bits per heavy atom. The van der Waals surface area contributed by atoms with Crippen LogP contribution in [0.25, 0.3) is 0 Å². The van der Waals surface area contributed by atoms with Gasteiger partial charge in [0, 0.05) is 0 Å². The minimum atomic E-state index is -3.09. The number of hydrogen-bond acceptors (Lipinski definition) is 5. The fraction of sp³-hybridized carbons (Fsp3) is 0.533. The smallest absolute Gasteiger partial charge is 0.277 e. The molecule has 8 heteroatoms. The molecular weight excluding hydrogens is 342 g/mol. The lowest BCUT2D eigenvalue weighted by Crippen LogP contribution is -2.43. The van der Waals surface area contributed by atoms with Gasteiger partial charge >= 0.3 is 0 Å². The van der Waals surface area contributed by atoms with E-state index in [1.54, 1.807) is 12.1 Å². The van der Waals surface area contributed by atoms with E-state index in [9.17, 15) is 13.6 Å². The van der Waals surface area contributed by atoms with Crippen molar-refractivity contribution >= 4 is 29.4 Å². The molecule has 2 rings (SSSR count). The Hall–Kier alpha value is -0.990. The molecule has 1 aromatic rings. The molecule has 0 bridgehead atoms. The summed E-state index contributed by atoms with van der Waals surface area (Å²) >= 11 is 3.86. The molecule has 4 nitrogen and oxygen atoms in total. The van der Waals surface area contributed by atoms with Crippen LogP contribution in [0.15, 0.2) is 24.3 Å². The topological polar surface area (TPSA) is 64.3 Å². The van der Waals surface area contributed by atoms with Gasteiger partial charge in [-0.3, -0.25) is 4.79 Å². The average molecular weight is 362 g/mol. The number of ether oxygens (including phenoxy) is 1. The van der Waals surface area contributed by atoms with E-state index in [2.05, 4.69) is 5.32 Å². The van der Waals surface area contributed by atoms with Gasteiger partial charge in [-0.1, -0.05) is 12.1 Å². The zero-order valence-electron chi connectivity index (χ0n) is 12.6. The van der Waals surface area contributed by atoms with Gasteiger partial charge in [0.05, 0.1) is 17.7 Å². The van der Waals surface area contributed by atoms with Crippen LogP contribution in [0, 0.1) is 0 Å². The van der Waals surface area contributed by atoms with Gasteiger partial charge in [-0.25, -0.2) is 8.78 Å². The second-order valence-corrected chi connectivity index (χ2v) is 7.85. The lowest BCUT2D eigenvalue weighted by atomic mass is 10.2.